The first-order chi connectivity index (χ1) is 26.5. The third-order valence-electron chi connectivity index (χ3n) is 11.4. The van der Waals surface area contributed by atoms with E-state index in [4.69, 9.17) is 4.74 Å². The number of carbonyl (C=O) groups excluding carboxylic acids is 2. The second-order valence-electron chi connectivity index (χ2n) is 16.8. The average molecular weight is 766 g/mol. The van der Waals surface area contributed by atoms with E-state index >= 15 is 0 Å². The summed E-state index contributed by atoms with van der Waals surface area (Å²) in [6, 6.07) is -0.549. The molecule has 0 aromatic rings. The Labute approximate surface area is 336 Å². The predicted molar refractivity (Wildman–Crippen MR) is 232 cm³/mol. The molecule has 0 saturated heterocycles. The lowest BCUT2D eigenvalue weighted by atomic mass is 10.0. The van der Waals surface area contributed by atoms with Crippen LogP contribution in [0.4, 0.5) is 0 Å². The van der Waals surface area contributed by atoms with Gasteiger partial charge in [-0.05, 0) is 25.7 Å². The van der Waals surface area contributed by atoms with Gasteiger partial charge in [-0.3, -0.25) is 9.59 Å². The lowest BCUT2D eigenvalue weighted by molar-refractivity contribution is -0.143. The van der Waals surface area contributed by atoms with Crippen molar-refractivity contribution in [3.8, 4) is 0 Å². The Morgan fingerprint density at radius 2 is 0.759 bits per heavy atom. The van der Waals surface area contributed by atoms with Gasteiger partial charge in [-0.25, -0.2) is 0 Å². The number of aliphatic hydroxyl groups is 2. The smallest absolute Gasteiger partial charge is 0.305 e. The maximum Gasteiger partial charge on any atom is 0.305 e. The minimum atomic E-state index is -0.671. The highest BCUT2D eigenvalue weighted by Gasteiger charge is 2.20. The fraction of sp³-hybridized carbons (Fsp3) is 0.958. The molecule has 2 unspecified atom stereocenters. The number of hydrogen-bond donors (Lipinski definition) is 3. The van der Waals surface area contributed by atoms with Crippen molar-refractivity contribution in [3.05, 3.63) is 0 Å². The summed E-state index contributed by atoms with van der Waals surface area (Å²) in [7, 11) is 0. The summed E-state index contributed by atoms with van der Waals surface area (Å²) in [5, 5.41) is 23.1. The van der Waals surface area contributed by atoms with Crippen LogP contribution in [0.3, 0.4) is 0 Å². The summed E-state index contributed by atoms with van der Waals surface area (Å²) in [6.45, 7) is 4.91. The molecule has 54 heavy (non-hydrogen) atoms. The molecular formula is C48H95NO5. The fourth-order valence-electron chi connectivity index (χ4n) is 7.64. The van der Waals surface area contributed by atoms with Crippen molar-refractivity contribution in [3.63, 3.8) is 0 Å². The van der Waals surface area contributed by atoms with Crippen LogP contribution in [0.1, 0.15) is 271 Å². The standard InChI is InChI=1S/C48H95NO5/c1-3-5-7-9-11-13-15-16-17-22-26-30-34-38-42-48(53)54-43-39-35-31-27-23-19-18-21-25-29-33-37-41-47(52)49-45(44-50)46(51)40-36-32-28-24-20-14-12-10-8-6-4-2/h45-46,50-51H,3-44H2,1-2H3,(H,49,52). The second-order valence-corrected chi connectivity index (χ2v) is 16.8. The van der Waals surface area contributed by atoms with Gasteiger partial charge in [0.1, 0.15) is 0 Å². The normalized spacial score (nSPS) is 12.6. The molecule has 2 atom stereocenters. The lowest BCUT2D eigenvalue weighted by Crippen LogP contribution is -2.45. The van der Waals surface area contributed by atoms with E-state index in [-0.39, 0.29) is 18.5 Å². The molecule has 0 aliphatic carbocycles. The van der Waals surface area contributed by atoms with Crippen LogP contribution in [0.5, 0.6) is 0 Å². The first-order valence-corrected chi connectivity index (χ1v) is 24.3. The third-order valence-corrected chi connectivity index (χ3v) is 11.4. The molecule has 0 aromatic heterocycles. The molecule has 0 aromatic carbocycles. The molecule has 0 aliphatic heterocycles. The van der Waals surface area contributed by atoms with E-state index in [2.05, 4.69) is 19.2 Å². The Morgan fingerprint density at radius 3 is 1.13 bits per heavy atom. The van der Waals surface area contributed by atoms with Crippen molar-refractivity contribution in [1.82, 2.24) is 5.32 Å². The van der Waals surface area contributed by atoms with Crippen LogP contribution in [0, 0.1) is 0 Å². The van der Waals surface area contributed by atoms with Gasteiger partial charge in [0.25, 0.3) is 0 Å². The van der Waals surface area contributed by atoms with Crippen LogP contribution in [0.15, 0.2) is 0 Å². The highest BCUT2D eigenvalue weighted by atomic mass is 16.5. The molecule has 1 amide bonds. The Balaban J connectivity index is 3.43. The second kappa shape index (κ2) is 44.6. The zero-order valence-electron chi connectivity index (χ0n) is 36.5. The van der Waals surface area contributed by atoms with E-state index in [0.717, 1.165) is 57.8 Å². The van der Waals surface area contributed by atoms with Crippen molar-refractivity contribution in [1.29, 1.82) is 0 Å². The molecule has 0 heterocycles. The Kier molecular flexibility index (Phi) is 43.6. The monoisotopic (exact) mass is 766 g/mol. The van der Waals surface area contributed by atoms with E-state index in [1.165, 1.54) is 180 Å². The zero-order chi connectivity index (χ0) is 39.4. The van der Waals surface area contributed by atoms with Crippen LogP contribution in [-0.4, -0.2) is 47.4 Å². The van der Waals surface area contributed by atoms with Crippen LogP contribution in [-0.2, 0) is 14.3 Å². The predicted octanol–water partition coefficient (Wildman–Crippen LogP) is 14.0. The lowest BCUT2D eigenvalue weighted by Gasteiger charge is -2.22. The van der Waals surface area contributed by atoms with Crippen LogP contribution >= 0.6 is 0 Å². The summed E-state index contributed by atoms with van der Waals surface area (Å²) in [6.07, 6.45) is 47.7. The maximum atomic E-state index is 12.4. The van der Waals surface area contributed by atoms with Gasteiger partial charge in [-0.1, -0.05) is 232 Å². The van der Waals surface area contributed by atoms with Gasteiger partial charge in [-0.2, -0.15) is 0 Å². The molecule has 0 fully saturated rings. The SMILES string of the molecule is CCCCCCCCCCCCCCCCC(=O)OCCCCCCCCCCCCCCC(=O)NC(CO)C(O)CCCCCCCCCCCCC. The van der Waals surface area contributed by atoms with Gasteiger partial charge in [-0.15, -0.1) is 0 Å². The van der Waals surface area contributed by atoms with Gasteiger partial charge < -0.3 is 20.3 Å². The van der Waals surface area contributed by atoms with Gasteiger partial charge in [0.2, 0.25) is 5.91 Å². The van der Waals surface area contributed by atoms with Crippen molar-refractivity contribution in [2.24, 2.45) is 0 Å². The van der Waals surface area contributed by atoms with Crippen LogP contribution < -0.4 is 5.32 Å². The van der Waals surface area contributed by atoms with E-state index in [1.54, 1.807) is 0 Å². The molecule has 6 heteroatoms. The highest BCUT2D eigenvalue weighted by Crippen LogP contribution is 2.16. The van der Waals surface area contributed by atoms with Crippen LogP contribution in [0.2, 0.25) is 0 Å². The van der Waals surface area contributed by atoms with E-state index in [9.17, 15) is 19.8 Å². The van der Waals surface area contributed by atoms with Crippen LogP contribution in [0.25, 0.3) is 0 Å². The number of carbonyl (C=O) groups is 2. The molecule has 0 spiro atoms. The summed E-state index contributed by atoms with van der Waals surface area (Å²) in [4.78, 5) is 24.4. The molecule has 0 saturated carbocycles. The first-order valence-electron chi connectivity index (χ1n) is 24.3. The molecule has 0 radical (unpaired) electrons. The van der Waals surface area contributed by atoms with Gasteiger partial charge in [0.15, 0.2) is 0 Å². The van der Waals surface area contributed by atoms with Gasteiger partial charge in [0, 0.05) is 12.8 Å². The minimum absolute atomic E-state index is 0.00686. The van der Waals surface area contributed by atoms with E-state index in [1.807, 2.05) is 0 Å². The number of amides is 1. The van der Waals surface area contributed by atoms with Crippen molar-refractivity contribution in [2.75, 3.05) is 13.2 Å². The molecule has 322 valence electrons. The Hall–Kier alpha value is -1.14. The largest absolute Gasteiger partial charge is 0.466 e. The summed E-state index contributed by atoms with van der Waals surface area (Å²) in [5.74, 6) is -0.0574. The van der Waals surface area contributed by atoms with Gasteiger partial charge >= 0.3 is 5.97 Å². The van der Waals surface area contributed by atoms with E-state index in [0.29, 0.717) is 25.9 Å². The first kappa shape index (κ1) is 52.9. The number of nitrogens with one attached hydrogen (secondary N) is 1. The number of hydrogen-bond acceptors (Lipinski definition) is 5. The summed E-state index contributed by atoms with van der Waals surface area (Å²) in [5.41, 5.74) is 0. The number of unbranched alkanes of at least 4 members (excludes halogenated alkanes) is 34. The Bertz CT molecular complexity index is 761. The topological polar surface area (TPSA) is 95.9 Å². The summed E-state index contributed by atoms with van der Waals surface area (Å²) < 4.78 is 5.46. The number of ether oxygens (including phenoxy) is 1. The number of aliphatic hydroxyl groups excluding tert-OH is 2. The fourth-order valence-corrected chi connectivity index (χ4v) is 7.64. The van der Waals surface area contributed by atoms with Crippen molar-refractivity contribution in [2.45, 2.75) is 283 Å². The number of esters is 1. The molecule has 0 rings (SSSR count). The molecule has 0 bridgehead atoms. The molecule has 3 N–H and O–H groups in total. The third kappa shape index (κ3) is 40.5. The zero-order valence-corrected chi connectivity index (χ0v) is 36.5. The molecular weight excluding hydrogens is 671 g/mol. The van der Waals surface area contributed by atoms with Gasteiger partial charge in [0.05, 0.1) is 25.4 Å². The Morgan fingerprint density at radius 1 is 0.444 bits per heavy atom. The van der Waals surface area contributed by atoms with Crippen molar-refractivity contribution >= 4 is 11.9 Å². The average Bonchev–Trinajstić information content (AvgIpc) is 3.17. The van der Waals surface area contributed by atoms with E-state index < -0.39 is 12.1 Å². The van der Waals surface area contributed by atoms with Crippen molar-refractivity contribution < 1.29 is 24.5 Å². The number of rotatable bonds is 45. The summed E-state index contributed by atoms with van der Waals surface area (Å²) >= 11 is 0. The maximum absolute atomic E-state index is 12.4. The minimum Gasteiger partial charge on any atom is -0.466 e. The molecule has 0 aliphatic rings. The molecule has 6 nitrogen and oxygen atoms in total. The quantitative estimate of drug-likeness (QED) is 0.0424. The highest BCUT2D eigenvalue weighted by molar-refractivity contribution is 5.76.